The first-order chi connectivity index (χ1) is 8.98. The second-order valence-electron chi connectivity index (χ2n) is 5.52. The van der Waals surface area contributed by atoms with Gasteiger partial charge < -0.3 is 14.3 Å². The molecule has 20 heavy (non-hydrogen) atoms. The Balaban J connectivity index is 3.14. The number of furan rings is 1. The zero-order valence-electron chi connectivity index (χ0n) is 12.1. The fourth-order valence-corrected chi connectivity index (χ4v) is 1.81. The lowest BCUT2D eigenvalue weighted by atomic mass is 9.97. The highest BCUT2D eigenvalue weighted by Gasteiger charge is 2.46. The minimum absolute atomic E-state index is 0.130. The number of carboxylic acid groups (broad SMARTS) is 1. The average Bonchev–Trinajstić information content (AvgIpc) is 2.71. The number of likely N-dealkylation sites (N-methyl/N-ethyl adjacent to an activating group) is 1. The zero-order valence-corrected chi connectivity index (χ0v) is 13.6. The van der Waals surface area contributed by atoms with Crippen LogP contribution in [0.2, 0.25) is 0 Å². The summed E-state index contributed by atoms with van der Waals surface area (Å²) in [7, 11) is 1.36. The highest BCUT2D eigenvalue weighted by Crippen LogP contribution is 2.32. The molecule has 112 valence electrons. The van der Waals surface area contributed by atoms with Crippen LogP contribution in [0.25, 0.3) is 0 Å². The Morgan fingerprint density at radius 1 is 1.30 bits per heavy atom. The monoisotopic (exact) mass is 347 g/mol. The topological polar surface area (TPSA) is 80.0 Å². The number of ether oxygens (including phenoxy) is 1. The fourth-order valence-electron chi connectivity index (χ4n) is 1.50. The van der Waals surface area contributed by atoms with Gasteiger partial charge in [-0.2, -0.15) is 0 Å². The van der Waals surface area contributed by atoms with Crippen LogP contribution < -0.4 is 0 Å². The maximum atomic E-state index is 12.1. The van der Waals surface area contributed by atoms with Gasteiger partial charge in [-0.1, -0.05) is 0 Å². The van der Waals surface area contributed by atoms with E-state index in [1.54, 1.807) is 26.8 Å². The van der Waals surface area contributed by atoms with Gasteiger partial charge in [-0.15, -0.1) is 0 Å². The Morgan fingerprint density at radius 3 is 2.20 bits per heavy atom. The minimum atomic E-state index is -1.66. The van der Waals surface area contributed by atoms with Crippen molar-refractivity contribution in [2.24, 2.45) is 0 Å². The van der Waals surface area contributed by atoms with E-state index < -0.39 is 23.2 Å². The van der Waals surface area contributed by atoms with Crippen molar-refractivity contribution in [3.8, 4) is 0 Å². The number of aliphatic carboxylic acids is 1. The van der Waals surface area contributed by atoms with Gasteiger partial charge in [0.15, 0.2) is 10.2 Å². The molecule has 0 aliphatic heterocycles. The highest BCUT2D eigenvalue weighted by molar-refractivity contribution is 9.10. The maximum absolute atomic E-state index is 12.1. The lowest BCUT2D eigenvalue weighted by Crippen LogP contribution is -2.51. The number of amides is 1. The van der Waals surface area contributed by atoms with Crippen molar-refractivity contribution >= 4 is 28.0 Å². The van der Waals surface area contributed by atoms with Crippen LogP contribution in [0.1, 0.15) is 33.5 Å². The molecule has 0 radical (unpaired) electrons. The SMILES string of the molecule is CN(C(=O)OC(C)(C)C)C(C)(C(=O)O)c1ccc(Br)o1. The third-order valence-electron chi connectivity index (χ3n) is 2.81. The van der Waals surface area contributed by atoms with Crippen LogP contribution in [0, 0.1) is 0 Å². The molecule has 1 heterocycles. The molecule has 1 aromatic rings. The van der Waals surface area contributed by atoms with Gasteiger partial charge in [0.2, 0.25) is 0 Å². The molecular weight excluding hydrogens is 330 g/mol. The van der Waals surface area contributed by atoms with E-state index in [2.05, 4.69) is 15.9 Å². The fraction of sp³-hybridized carbons (Fsp3) is 0.538. The molecule has 0 saturated heterocycles. The third-order valence-corrected chi connectivity index (χ3v) is 3.23. The van der Waals surface area contributed by atoms with Crippen LogP contribution >= 0.6 is 15.9 Å². The smallest absolute Gasteiger partial charge is 0.411 e. The van der Waals surface area contributed by atoms with Gasteiger partial charge in [-0.3, -0.25) is 4.90 Å². The van der Waals surface area contributed by atoms with Crippen LogP contribution in [0.3, 0.4) is 0 Å². The number of hydrogen-bond donors (Lipinski definition) is 1. The molecule has 1 N–H and O–H groups in total. The summed E-state index contributed by atoms with van der Waals surface area (Å²) in [5.74, 6) is -1.09. The summed E-state index contributed by atoms with van der Waals surface area (Å²) in [5, 5.41) is 9.49. The van der Waals surface area contributed by atoms with Crippen molar-refractivity contribution in [1.82, 2.24) is 4.90 Å². The van der Waals surface area contributed by atoms with E-state index in [9.17, 15) is 14.7 Å². The molecule has 1 unspecified atom stereocenters. The van der Waals surface area contributed by atoms with Crippen molar-refractivity contribution in [1.29, 1.82) is 0 Å². The van der Waals surface area contributed by atoms with Crippen LogP contribution in [-0.4, -0.2) is 34.7 Å². The number of carbonyl (C=O) groups excluding carboxylic acids is 1. The van der Waals surface area contributed by atoms with Crippen LogP contribution in [0.15, 0.2) is 21.2 Å². The average molecular weight is 348 g/mol. The molecule has 0 spiro atoms. The van der Waals surface area contributed by atoms with Crippen LogP contribution in [0.4, 0.5) is 4.79 Å². The Hall–Kier alpha value is -1.50. The number of carbonyl (C=O) groups is 2. The van der Waals surface area contributed by atoms with Gasteiger partial charge in [-0.05, 0) is 55.8 Å². The van der Waals surface area contributed by atoms with E-state index >= 15 is 0 Å². The molecule has 0 fully saturated rings. The molecule has 0 bridgehead atoms. The number of nitrogens with zero attached hydrogens (tertiary/aromatic N) is 1. The summed E-state index contributed by atoms with van der Waals surface area (Å²) in [6.07, 6.45) is -0.741. The van der Waals surface area contributed by atoms with Gasteiger partial charge in [-0.25, -0.2) is 9.59 Å². The van der Waals surface area contributed by atoms with Crippen LogP contribution in [0.5, 0.6) is 0 Å². The molecule has 1 amide bonds. The zero-order chi connectivity index (χ0) is 15.7. The van der Waals surface area contributed by atoms with Crippen molar-refractivity contribution in [3.05, 3.63) is 22.6 Å². The summed E-state index contributed by atoms with van der Waals surface area (Å²) in [6, 6.07) is 3.07. The van der Waals surface area contributed by atoms with Crippen molar-refractivity contribution in [3.63, 3.8) is 0 Å². The highest BCUT2D eigenvalue weighted by atomic mass is 79.9. The number of rotatable bonds is 3. The van der Waals surface area contributed by atoms with E-state index in [1.807, 2.05) is 0 Å². The summed E-state index contributed by atoms with van der Waals surface area (Å²) < 4.78 is 10.9. The number of carboxylic acids is 1. The lowest BCUT2D eigenvalue weighted by Gasteiger charge is -2.34. The molecule has 0 aliphatic carbocycles. The van der Waals surface area contributed by atoms with Gasteiger partial charge >= 0.3 is 12.1 Å². The van der Waals surface area contributed by atoms with E-state index in [0.29, 0.717) is 4.67 Å². The van der Waals surface area contributed by atoms with E-state index in [4.69, 9.17) is 9.15 Å². The van der Waals surface area contributed by atoms with Gasteiger partial charge in [0.25, 0.3) is 0 Å². The molecule has 0 aromatic carbocycles. The summed E-state index contributed by atoms with van der Waals surface area (Å²) >= 11 is 3.11. The maximum Gasteiger partial charge on any atom is 0.411 e. The predicted molar refractivity (Wildman–Crippen MR) is 75.4 cm³/mol. The Labute approximate surface area is 125 Å². The first-order valence-corrected chi connectivity index (χ1v) is 6.74. The summed E-state index contributed by atoms with van der Waals surface area (Å²) in [4.78, 5) is 24.7. The molecule has 0 saturated carbocycles. The molecule has 0 aliphatic rings. The second-order valence-corrected chi connectivity index (χ2v) is 6.30. The Morgan fingerprint density at radius 2 is 1.85 bits per heavy atom. The quantitative estimate of drug-likeness (QED) is 0.907. The summed E-state index contributed by atoms with van der Waals surface area (Å²) in [5.41, 5.74) is -2.37. The molecule has 7 heteroatoms. The second kappa shape index (κ2) is 5.47. The van der Waals surface area contributed by atoms with E-state index in [1.165, 1.54) is 20.0 Å². The van der Waals surface area contributed by atoms with E-state index in [-0.39, 0.29) is 5.76 Å². The first kappa shape index (κ1) is 16.6. The van der Waals surface area contributed by atoms with Crippen molar-refractivity contribution < 1.29 is 23.8 Å². The number of hydrogen-bond acceptors (Lipinski definition) is 4. The van der Waals surface area contributed by atoms with E-state index in [0.717, 1.165) is 4.90 Å². The number of halogens is 1. The van der Waals surface area contributed by atoms with Crippen molar-refractivity contribution in [2.45, 2.75) is 38.8 Å². The Kier molecular flexibility index (Phi) is 4.53. The van der Waals surface area contributed by atoms with Crippen molar-refractivity contribution in [2.75, 3.05) is 7.05 Å². The Bertz CT molecular complexity index is 519. The third kappa shape index (κ3) is 3.33. The molecule has 1 atom stereocenters. The van der Waals surface area contributed by atoms with Gasteiger partial charge in [0, 0.05) is 7.05 Å². The van der Waals surface area contributed by atoms with Gasteiger partial charge in [0.05, 0.1) is 0 Å². The molecule has 1 aromatic heterocycles. The lowest BCUT2D eigenvalue weighted by molar-refractivity contribution is -0.151. The molecule has 6 nitrogen and oxygen atoms in total. The van der Waals surface area contributed by atoms with Crippen LogP contribution in [-0.2, 0) is 15.1 Å². The first-order valence-electron chi connectivity index (χ1n) is 5.94. The van der Waals surface area contributed by atoms with Gasteiger partial charge in [0.1, 0.15) is 11.4 Å². The molecular formula is C13H18BrNO5. The molecule has 1 rings (SSSR count). The summed E-state index contributed by atoms with van der Waals surface area (Å²) in [6.45, 7) is 6.51. The predicted octanol–water partition coefficient (Wildman–Crippen LogP) is 3.21. The normalized spacial score (nSPS) is 14.5. The largest absolute Gasteiger partial charge is 0.479 e. The standard InChI is InChI=1S/C13H18BrNO5/c1-12(2,3)20-11(18)15(5)13(4,10(16)17)8-6-7-9(14)19-8/h6-7H,1-5H3,(H,16,17). The minimum Gasteiger partial charge on any atom is -0.479 e.